The van der Waals surface area contributed by atoms with Crippen LogP contribution in [0.2, 0.25) is 0 Å². The van der Waals surface area contributed by atoms with Gasteiger partial charge in [0.15, 0.2) is 17.3 Å². The fourth-order valence-corrected chi connectivity index (χ4v) is 4.37. The highest BCUT2D eigenvalue weighted by atomic mass is 19.1. The summed E-state index contributed by atoms with van der Waals surface area (Å²) in [6, 6.07) is 11.1. The van der Waals surface area contributed by atoms with Gasteiger partial charge in [0.05, 0.1) is 19.6 Å². The quantitative estimate of drug-likeness (QED) is 0.508. The predicted molar refractivity (Wildman–Crippen MR) is 117 cm³/mol. The smallest absolute Gasteiger partial charge is 0.247 e. The molecule has 0 aromatic heterocycles. The molecule has 1 atom stereocenters. The Kier molecular flexibility index (Phi) is 6.23. The first-order valence-corrected chi connectivity index (χ1v) is 10.7. The van der Waals surface area contributed by atoms with E-state index in [0.717, 1.165) is 18.8 Å². The minimum Gasteiger partial charge on any atom is -0.494 e. The molecule has 2 aliphatic heterocycles. The first-order valence-electron chi connectivity index (χ1n) is 10.7. The van der Waals surface area contributed by atoms with Crippen molar-refractivity contribution in [3.63, 3.8) is 0 Å². The van der Waals surface area contributed by atoms with E-state index < -0.39 is 5.82 Å². The molecule has 0 spiro atoms. The summed E-state index contributed by atoms with van der Waals surface area (Å²) in [6.45, 7) is 5.06. The number of methoxy groups -OCH3 is 1. The molecule has 0 N–H and O–H groups in total. The van der Waals surface area contributed by atoms with Crippen molar-refractivity contribution in [2.24, 2.45) is 0 Å². The first kappa shape index (κ1) is 22.0. The lowest BCUT2D eigenvalue weighted by molar-refractivity contribution is -0.139. The molecular formula is C24H26FN3O4. The summed E-state index contributed by atoms with van der Waals surface area (Å²) < 4.78 is 18.8. The highest BCUT2D eigenvalue weighted by Crippen LogP contribution is 2.24. The van der Waals surface area contributed by atoms with Crippen molar-refractivity contribution in [2.45, 2.75) is 19.4 Å². The van der Waals surface area contributed by atoms with Crippen LogP contribution >= 0.6 is 0 Å². The minimum atomic E-state index is -0.572. The molecule has 2 fully saturated rings. The monoisotopic (exact) mass is 439 g/mol. The average Bonchev–Trinajstić information content (AvgIpc) is 3.11. The number of carbonyl (C=O) groups is 3. The van der Waals surface area contributed by atoms with Gasteiger partial charge in [0.2, 0.25) is 11.8 Å². The fourth-order valence-electron chi connectivity index (χ4n) is 4.37. The number of piperazine rings is 1. The second kappa shape index (κ2) is 9.08. The van der Waals surface area contributed by atoms with E-state index in [1.54, 1.807) is 18.2 Å². The summed E-state index contributed by atoms with van der Waals surface area (Å²) in [5.74, 6) is -0.919. The third-order valence-corrected chi connectivity index (χ3v) is 6.20. The molecule has 2 heterocycles. The zero-order valence-electron chi connectivity index (χ0n) is 18.2. The number of ketones is 1. The third-order valence-electron chi connectivity index (χ3n) is 6.20. The minimum absolute atomic E-state index is 0.0937. The lowest BCUT2D eigenvalue weighted by Gasteiger charge is -2.38. The Morgan fingerprint density at radius 3 is 2.25 bits per heavy atom. The van der Waals surface area contributed by atoms with Crippen LogP contribution < -0.4 is 9.64 Å². The summed E-state index contributed by atoms with van der Waals surface area (Å²) in [5, 5.41) is 0. The number of amides is 2. The number of halogens is 1. The molecule has 0 unspecified atom stereocenters. The van der Waals surface area contributed by atoms with E-state index in [4.69, 9.17) is 4.74 Å². The molecule has 0 bridgehead atoms. The number of ether oxygens (including phenoxy) is 1. The molecule has 0 saturated carbocycles. The van der Waals surface area contributed by atoms with Crippen LogP contribution in [-0.4, -0.2) is 73.3 Å². The fraction of sp³-hybridized carbons (Fsp3) is 0.375. The molecule has 2 aromatic rings. The Balaban J connectivity index is 1.38. The number of anilines is 1. The summed E-state index contributed by atoms with van der Waals surface area (Å²) in [5.41, 5.74) is 1.72. The maximum absolute atomic E-state index is 13.9. The van der Waals surface area contributed by atoms with E-state index in [1.807, 2.05) is 19.1 Å². The number of likely N-dealkylation sites (tertiary alicyclic amines) is 1. The number of hydrogen-bond acceptors (Lipinski definition) is 6. The van der Waals surface area contributed by atoms with Crippen LogP contribution in [0.1, 0.15) is 29.3 Å². The van der Waals surface area contributed by atoms with Gasteiger partial charge in [0, 0.05) is 49.5 Å². The second-order valence-corrected chi connectivity index (χ2v) is 7.94. The van der Waals surface area contributed by atoms with Gasteiger partial charge in [-0.1, -0.05) is 0 Å². The van der Waals surface area contributed by atoms with Crippen molar-refractivity contribution in [1.82, 2.24) is 9.80 Å². The Morgan fingerprint density at radius 2 is 1.69 bits per heavy atom. The van der Waals surface area contributed by atoms with E-state index in [1.165, 1.54) is 24.1 Å². The molecule has 0 radical (unpaired) electrons. The molecule has 168 valence electrons. The highest BCUT2D eigenvalue weighted by Gasteiger charge is 2.41. The zero-order valence-corrected chi connectivity index (χ0v) is 18.2. The summed E-state index contributed by atoms with van der Waals surface area (Å²) in [6.07, 6.45) is 0.259. The number of benzene rings is 2. The molecule has 2 saturated heterocycles. The highest BCUT2D eigenvalue weighted by molar-refractivity contribution is 6.09. The predicted octanol–water partition coefficient (Wildman–Crippen LogP) is 2.33. The number of rotatable bonds is 6. The van der Waals surface area contributed by atoms with Gasteiger partial charge in [0.25, 0.3) is 0 Å². The number of carbonyl (C=O) groups excluding carboxylic acids is 3. The Labute approximate surface area is 186 Å². The normalized spacial score (nSPS) is 19.5. The van der Waals surface area contributed by atoms with Crippen molar-refractivity contribution >= 4 is 23.3 Å². The van der Waals surface area contributed by atoms with Crippen LogP contribution in [0.4, 0.5) is 10.1 Å². The Bertz CT molecular complexity index is 1030. The summed E-state index contributed by atoms with van der Waals surface area (Å²) in [7, 11) is 1.38. The number of imide groups is 1. The van der Waals surface area contributed by atoms with Gasteiger partial charge in [-0.25, -0.2) is 4.39 Å². The van der Waals surface area contributed by atoms with Crippen LogP contribution in [0.25, 0.3) is 0 Å². The number of hydrogen-bond donors (Lipinski definition) is 0. The van der Waals surface area contributed by atoms with Gasteiger partial charge < -0.3 is 9.64 Å². The average molecular weight is 439 g/mol. The van der Waals surface area contributed by atoms with Crippen molar-refractivity contribution in [3.05, 3.63) is 59.4 Å². The van der Waals surface area contributed by atoms with Crippen molar-refractivity contribution in [1.29, 1.82) is 0 Å². The summed E-state index contributed by atoms with van der Waals surface area (Å²) >= 11 is 0. The van der Waals surface area contributed by atoms with E-state index in [9.17, 15) is 18.8 Å². The van der Waals surface area contributed by atoms with E-state index in [-0.39, 0.29) is 41.4 Å². The van der Waals surface area contributed by atoms with Crippen LogP contribution in [0.5, 0.6) is 5.75 Å². The molecule has 0 aliphatic carbocycles. The molecule has 2 aromatic carbocycles. The molecule has 8 heteroatoms. The maximum atomic E-state index is 13.9. The number of likely N-dealkylation sites (N-methyl/N-ethyl adjacent to an activating group) is 1. The maximum Gasteiger partial charge on any atom is 0.247 e. The van der Waals surface area contributed by atoms with Crippen LogP contribution in [0.15, 0.2) is 42.5 Å². The largest absolute Gasteiger partial charge is 0.494 e. The Morgan fingerprint density at radius 1 is 1.03 bits per heavy atom. The summed E-state index contributed by atoms with van der Waals surface area (Å²) in [4.78, 5) is 42.8. The topological polar surface area (TPSA) is 70.2 Å². The molecular weight excluding hydrogens is 413 g/mol. The van der Waals surface area contributed by atoms with Gasteiger partial charge in [-0.15, -0.1) is 0 Å². The second-order valence-electron chi connectivity index (χ2n) is 7.94. The lowest BCUT2D eigenvalue weighted by atomic mass is 10.0. The van der Waals surface area contributed by atoms with E-state index >= 15 is 0 Å². The molecule has 2 amide bonds. The van der Waals surface area contributed by atoms with E-state index in [2.05, 4.69) is 9.80 Å². The van der Waals surface area contributed by atoms with Gasteiger partial charge in [0.1, 0.15) is 0 Å². The lowest BCUT2D eigenvalue weighted by Crippen LogP contribution is -2.52. The molecule has 7 nitrogen and oxygen atoms in total. The van der Waals surface area contributed by atoms with Crippen LogP contribution in [0, 0.1) is 5.82 Å². The zero-order chi connectivity index (χ0) is 22.8. The first-order chi connectivity index (χ1) is 15.4. The van der Waals surface area contributed by atoms with Crippen molar-refractivity contribution < 1.29 is 23.5 Å². The van der Waals surface area contributed by atoms with Gasteiger partial charge in [-0.05, 0) is 49.4 Å². The Hall–Kier alpha value is -3.26. The number of nitrogens with zero attached hydrogens (tertiary/aromatic N) is 3. The standard InChI is InChI=1S/C24H26FN3O4/c1-3-28-22(29)15-20(24(28)31)27-12-10-26(11-13-27)18-7-4-16(5-8-18)23(30)17-6-9-21(32-2)19(25)14-17/h4-9,14,20H,3,10-13,15H2,1-2H3/t20-/m0/s1. The van der Waals surface area contributed by atoms with Gasteiger partial charge in [-0.2, -0.15) is 0 Å². The van der Waals surface area contributed by atoms with Gasteiger partial charge in [-0.3, -0.25) is 24.2 Å². The van der Waals surface area contributed by atoms with Crippen LogP contribution in [0.3, 0.4) is 0 Å². The van der Waals surface area contributed by atoms with Crippen LogP contribution in [-0.2, 0) is 9.59 Å². The van der Waals surface area contributed by atoms with E-state index in [0.29, 0.717) is 25.2 Å². The SMILES string of the molecule is CCN1C(=O)C[C@H](N2CCN(c3ccc(C(=O)c4ccc(OC)c(F)c4)cc3)CC2)C1=O. The molecule has 2 aliphatic rings. The van der Waals surface area contributed by atoms with Crippen molar-refractivity contribution in [2.75, 3.05) is 44.7 Å². The molecule has 4 rings (SSSR count). The van der Waals surface area contributed by atoms with Crippen molar-refractivity contribution in [3.8, 4) is 5.75 Å². The molecule has 32 heavy (non-hydrogen) atoms. The van der Waals surface area contributed by atoms with Gasteiger partial charge >= 0.3 is 0 Å². The third kappa shape index (κ3) is 4.10.